The molecule has 1 fully saturated rings. The molecule has 4 nitrogen and oxygen atoms in total. The number of aryl methyl sites for hydroxylation is 1. The number of carbonyl (C=O) groups excluding carboxylic acids is 1. The molecule has 15 heavy (non-hydrogen) atoms. The second-order valence-corrected chi connectivity index (χ2v) is 5.97. The number of hydrogen-bond acceptors (Lipinski definition) is 4. The Bertz CT molecular complexity index is 393. The first-order valence-electron chi connectivity index (χ1n) is 4.54. The van der Waals surface area contributed by atoms with Gasteiger partial charge in [-0.15, -0.1) is 33.4 Å². The number of aromatic nitrogens is 2. The molecular formula is C8H9Cl2N3OS. The second-order valence-electron chi connectivity index (χ2n) is 3.36. The summed E-state index contributed by atoms with van der Waals surface area (Å²) >= 11 is 12.9. The molecule has 1 heterocycles. The first kappa shape index (κ1) is 11.1. The van der Waals surface area contributed by atoms with Crippen molar-refractivity contribution in [2.75, 3.05) is 5.32 Å². The molecule has 0 aliphatic heterocycles. The average Bonchev–Trinajstić information content (AvgIpc) is 2.62. The largest absolute Gasteiger partial charge is 0.300 e. The molecule has 1 N–H and O–H groups in total. The number of hydrogen-bond donors (Lipinski definition) is 1. The van der Waals surface area contributed by atoms with Crippen LogP contribution in [0.4, 0.5) is 5.13 Å². The van der Waals surface area contributed by atoms with Gasteiger partial charge in [0.1, 0.15) is 9.34 Å². The molecule has 1 aliphatic rings. The van der Waals surface area contributed by atoms with Gasteiger partial charge in [-0.3, -0.25) is 4.79 Å². The highest BCUT2D eigenvalue weighted by atomic mass is 35.5. The van der Waals surface area contributed by atoms with Crippen LogP contribution < -0.4 is 5.32 Å². The van der Waals surface area contributed by atoms with Crippen LogP contribution >= 0.6 is 34.5 Å². The summed E-state index contributed by atoms with van der Waals surface area (Å²) in [5, 5.41) is 11.8. The average molecular weight is 266 g/mol. The maximum atomic E-state index is 11.5. The zero-order valence-corrected chi connectivity index (χ0v) is 10.3. The Hall–Kier alpha value is -0.390. The van der Waals surface area contributed by atoms with Crippen LogP contribution in [0.5, 0.6) is 0 Å². The Morgan fingerprint density at radius 2 is 2.33 bits per heavy atom. The third-order valence-corrected chi connectivity index (χ3v) is 3.96. The monoisotopic (exact) mass is 265 g/mol. The van der Waals surface area contributed by atoms with E-state index in [4.69, 9.17) is 23.2 Å². The second kappa shape index (κ2) is 3.88. The van der Waals surface area contributed by atoms with Crippen molar-refractivity contribution >= 4 is 45.6 Å². The Labute approximate surface area is 101 Å². The number of amides is 1. The summed E-state index contributed by atoms with van der Waals surface area (Å²) in [6.07, 6.45) is 1.31. The number of halogens is 2. The first-order chi connectivity index (χ1) is 7.03. The van der Waals surface area contributed by atoms with Crippen LogP contribution in [0.1, 0.15) is 18.4 Å². The van der Waals surface area contributed by atoms with Gasteiger partial charge in [0.2, 0.25) is 11.0 Å². The van der Waals surface area contributed by atoms with E-state index in [-0.39, 0.29) is 11.8 Å². The topological polar surface area (TPSA) is 54.9 Å². The third-order valence-electron chi connectivity index (χ3n) is 2.14. The Morgan fingerprint density at radius 1 is 1.67 bits per heavy atom. The van der Waals surface area contributed by atoms with Gasteiger partial charge in [-0.05, 0) is 12.8 Å². The van der Waals surface area contributed by atoms with Gasteiger partial charge in [0.25, 0.3) is 0 Å². The van der Waals surface area contributed by atoms with Crippen LogP contribution in [0.25, 0.3) is 0 Å². The van der Waals surface area contributed by atoms with Crippen molar-refractivity contribution in [3.63, 3.8) is 0 Å². The highest BCUT2D eigenvalue weighted by Crippen LogP contribution is 2.53. The van der Waals surface area contributed by atoms with Gasteiger partial charge in [0.05, 0.1) is 5.92 Å². The molecule has 0 radical (unpaired) electrons. The number of nitrogens with one attached hydrogen (secondary N) is 1. The molecule has 1 aromatic rings. The molecule has 82 valence electrons. The molecule has 0 bridgehead atoms. The van der Waals surface area contributed by atoms with Crippen molar-refractivity contribution in [1.29, 1.82) is 0 Å². The number of rotatable bonds is 3. The number of carbonyl (C=O) groups is 1. The summed E-state index contributed by atoms with van der Waals surface area (Å²) in [5.74, 6) is -0.506. The van der Waals surface area contributed by atoms with Crippen LogP contribution in [-0.2, 0) is 11.2 Å². The maximum absolute atomic E-state index is 11.5. The Balaban J connectivity index is 1.95. The fraction of sp³-hybridized carbons (Fsp3) is 0.625. The molecule has 1 aromatic heterocycles. The highest BCUT2D eigenvalue weighted by molar-refractivity contribution is 7.15. The molecule has 1 saturated carbocycles. The summed E-state index contributed by atoms with van der Waals surface area (Å²) in [4.78, 5) is 11.5. The standard InChI is InChI=1S/C8H9Cl2N3OS/c1-2-5-12-13-7(15-5)11-6(14)4-3-8(4,9)10/h4H,2-3H2,1H3,(H,11,13,14)/t4-/m0/s1. The van der Waals surface area contributed by atoms with Crippen LogP contribution in [0.15, 0.2) is 0 Å². The summed E-state index contributed by atoms with van der Waals surface area (Å²) < 4.78 is -0.887. The van der Waals surface area contributed by atoms with Crippen molar-refractivity contribution in [2.45, 2.75) is 24.1 Å². The zero-order valence-electron chi connectivity index (χ0n) is 7.96. The number of alkyl halides is 2. The lowest BCUT2D eigenvalue weighted by Crippen LogP contribution is -2.16. The van der Waals surface area contributed by atoms with Crippen LogP contribution in [0, 0.1) is 5.92 Å². The predicted octanol–water partition coefficient (Wildman–Crippen LogP) is 2.23. The van der Waals surface area contributed by atoms with Crippen molar-refractivity contribution < 1.29 is 4.79 Å². The van der Waals surface area contributed by atoms with E-state index in [1.807, 2.05) is 6.92 Å². The van der Waals surface area contributed by atoms with E-state index in [0.717, 1.165) is 11.4 Å². The van der Waals surface area contributed by atoms with E-state index in [2.05, 4.69) is 15.5 Å². The maximum Gasteiger partial charge on any atom is 0.232 e. The van der Waals surface area contributed by atoms with Crippen LogP contribution in [0.2, 0.25) is 0 Å². The lowest BCUT2D eigenvalue weighted by Gasteiger charge is -1.99. The minimum Gasteiger partial charge on any atom is -0.300 e. The van der Waals surface area contributed by atoms with E-state index in [0.29, 0.717) is 11.6 Å². The van der Waals surface area contributed by atoms with Gasteiger partial charge >= 0.3 is 0 Å². The zero-order chi connectivity index (χ0) is 11.1. The SMILES string of the molecule is CCc1nnc(NC(=O)[C@@H]2CC2(Cl)Cl)s1. The van der Waals surface area contributed by atoms with Crippen molar-refractivity contribution in [3.05, 3.63) is 5.01 Å². The minimum atomic E-state index is -0.887. The molecule has 0 saturated heterocycles. The fourth-order valence-corrected chi connectivity index (χ4v) is 2.33. The van der Waals surface area contributed by atoms with E-state index < -0.39 is 4.33 Å². The van der Waals surface area contributed by atoms with Gasteiger partial charge in [0.15, 0.2) is 0 Å². The van der Waals surface area contributed by atoms with E-state index >= 15 is 0 Å². The molecule has 0 unspecified atom stereocenters. The Kier molecular flexibility index (Phi) is 2.87. The Morgan fingerprint density at radius 3 is 2.80 bits per heavy atom. The van der Waals surface area contributed by atoms with Gasteiger partial charge in [-0.25, -0.2) is 0 Å². The smallest absolute Gasteiger partial charge is 0.232 e. The fourth-order valence-electron chi connectivity index (χ4n) is 1.14. The van der Waals surface area contributed by atoms with Crippen LogP contribution in [-0.4, -0.2) is 20.4 Å². The summed E-state index contributed by atoms with van der Waals surface area (Å²) in [6.45, 7) is 1.98. The van der Waals surface area contributed by atoms with Gasteiger partial charge < -0.3 is 5.32 Å². The number of nitrogens with zero attached hydrogens (tertiary/aromatic N) is 2. The van der Waals surface area contributed by atoms with E-state index in [1.54, 1.807) is 0 Å². The number of anilines is 1. The lowest BCUT2D eigenvalue weighted by atomic mass is 10.4. The lowest BCUT2D eigenvalue weighted by molar-refractivity contribution is -0.117. The van der Waals surface area contributed by atoms with E-state index in [9.17, 15) is 4.79 Å². The predicted molar refractivity (Wildman–Crippen MR) is 60.5 cm³/mol. The van der Waals surface area contributed by atoms with E-state index in [1.165, 1.54) is 11.3 Å². The quantitative estimate of drug-likeness (QED) is 0.853. The molecule has 1 amide bonds. The van der Waals surface area contributed by atoms with Crippen LogP contribution in [0.3, 0.4) is 0 Å². The molecule has 0 spiro atoms. The normalized spacial score (nSPS) is 22.5. The van der Waals surface area contributed by atoms with Gasteiger partial charge in [-0.1, -0.05) is 18.3 Å². The molecule has 1 aliphatic carbocycles. The molecule has 0 aromatic carbocycles. The minimum absolute atomic E-state index is 0.182. The summed E-state index contributed by atoms with van der Waals surface area (Å²) in [7, 11) is 0. The van der Waals surface area contributed by atoms with Crippen molar-refractivity contribution in [2.24, 2.45) is 5.92 Å². The van der Waals surface area contributed by atoms with Gasteiger partial charge in [-0.2, -0.15) is 0 Å². The summed E-state index contributed by atoms with van der Waals surface area (Å²) in [6, 6.07) is 0. The molecule has 2 rings (SSSR count). The third kappa shape index (κ3) is 2.41. The molecule has 7 heteroatoms. The summed E-state index contributed by atoms with van der Waals surface area (Å²) in [5.41, 5.74) is 0. The first-order valence-corrected chi connectivity index (χ1v) is 6.11. The molecular weight excluding hydrogens is 257 g/mol. The van der Waals surface area contributed by atoms with Crippen molar-refractivity contribution in [3.8, 4) is 0 Å². The van der Waals surface area contributed by atoms with Gasteiger partial charge in [0, 0.05) is 0 Å². The van der Waals surface area contributed by atoms with Crippen molar-refractivity contribution in [1.82, 2.24) is 10.2 Å². The highest BCUT2D eigenvalue weighted by Gasteiger charge is 2.56. The molecule has 1 atom stereocenters.